The summed E-state index contributed by atoms with van der Waals surface area (Å²) >= 11 is 2.24. The van der Waals surface area contributed by atoms with Gasteiger partial charge in [-0.3, -0.25) is 9.78 Å². The van der Waals surface area contributed by atoms with Gasteiger partial charge >= 0.3 is 0 Å². The molecule has 30 heavy (non-hydrogen) atoms. The number of aryl methyl sites for hydroxylation is 1. The fourth-order valence-corrected chi connectivity index (χ4v) is 3.48. The Bertz CT molecular complexity index is 1020. The largest absolute Gasteiger partial charge is 0.456 e. The second kappa shape index (κ2) is 10.0. The van der Waals surface area contributed by atoms with E-state index in [1.54, 1.807) is 6.07 Å². The van der Waals surface area contributed by atoms with E-state index in [0.29, 0.717) is 22.7 Å². The van der Waals surface area contributed by atoms with Crippen molar-refractivity contribution in [1.82, 2.24) is 4.98 Å². The van der Waals surface area contributed by atoms with Gasteiger partial charge in [0, 0.05) is 5.69 Å². The Morgan fingerprint density at radius 3 is 2.33 bits per heavy atom. The maximum absolute atomic E-state index is 12.7. The number of rotatable bonds is 7. The summed E-state index contributed by atoms with van der Waals surface area (Å²) in [6, 6.07) is 18.7. The van der Waals surface area contributed by atoms with E-state index in [1.165, 1.54) is 0 Å². The zero-order valence-corrected chi connectivity index (χ0v) is 19.6. The Hall–Kier alpha value is -2.45. The topological polar surface area (TPSA) is 60.5 Å². The summed E-state index contributed by atoms with van der Waals surface area (Å²) in [6.07, 6.45) is -0.0107. The van der Waals surface area contributed by atoms with E-state index in [9.17, 15) is 4.79 Å². The Morgan fingerprint density at radius 2 is 1.70 bits per heavy atom. The second-order valence-electron chi connectivity index (χ2n) is 7.21. The quantitative estimate of drug-likeness (QED) is 0.363. The summed E-state index contributed by atoms with van der Waals surface area (Å²) in [7, 11) is 0. The van der Waals surface area contributed by atoms with Crippen molar-refractivity contribution in [3.8, 4) is 11.5 Å². The molecule has 0 saturated heterocycles. The number of benzene rings is 2. The standard InChI is InChI=1S/C24H25IN2O3/c1-15(2)29-17(4)22-14-13-20(16(3)26-22)24(28)27-18-9-11-19(12-10-18)30-23-8-6-5-7-21(23)25/h5-15,17H,1-4H3,(H,27,28). The van der Waals surface area contributed by atoms with Gasteiger partial charge in [0.2, 0.25) is 0 Å². The molecule has 0 aliphatic carbocycles. The average molecular weight is 516 g/mol. The predicted molar refractivity (Wildman–Crippen MR) is 127 cm³/mol. The SMILES string of the molecule is Cc1nc(C(C)OC(C)C)ccc1C(=O)Nc1ccc(Oc2ccccc2I)cc1. The third-order valence-electron chi connectivity index (χ3n) is 4.42. The van der Waals surface area contributed by atoms with Gasteiger partial charge in [-0.1, -0.05) is 12.1 Å². The van der Waals surface area contributed by atoms with E-state index in [4.69, 9.17) is 9.47 Å². The van der Waals surface area contributed by atoms with Gasteiger partial charge in [-0.15, -0.1) is 0 Å². The number of pyridine rings is 1. The lowest BCUT2D eigenvalue weighted by atomic mass is 10.1. The summed E-state index contributed by atoms with van der Waals surface area (Å²) in [6.45, 7) is 7.77. The van der Waals surface area contributed by atoms with E-state index in [2.05, 4.69) is 32.9 Å². The van der Waals surface area contributed by atoms with E-state index < -0.39 is 0 Å². The van der Waals surface area contributed by atoms with Gasteiger partial charge in [-0.2, -0.15) is 0 Å². The first-order valence-corrected chi connectivity index (χ1v) is 10.9. The summed E-state index contributed by atoms with van der Waals surface area (Å²) in [5.74, 6) is 1.31. The Balaban J connectivity index is 1.66. The van der Waals surface area contributed by atoms with Gasteiger partial charge in [-0.25, -0.2) is 0 Å². The molecule has 1 atom stereocenters. The molecule has 1 amide bonds. The van der Waals surface area contributed by atoms with Crippen LogP contribution in [-0.2, 0) is 4.74 Å². The minimum atomic E-state index is -0.199. The zero-order chi connectivity index (χ0) is 21.7. The van der Waals surface area contributed by atoms with E-state index in [-0.39, 0.29) is 18.1 Å². The van der Waals surface area contributed by atoms with Gasteiger partial charge in [0.25, 0.3) is 5.91 Å². The number of hydrogen-bond acceptors (Lipinski definition) is 4. The number of ether oxygens (including phenoxy) is 2. The molecule has 0 spiro atoms. The number of halogens is 1. The number of amides is 1. The van der Waals surface area contributed by atoms with E-state index >= 15 is 0 Å². The van der Waals surface area contributed by atoms with E-state index in [0.717, 1.165) is 15.0 Å². The van der Waals surface area contributed by atoms with Crippen molar-refractivity contribution in [2.24, 2.45) is 0 Å². The van der Waals surface area contributed by atoms with Crippen molar-refractivity contribution in [1.29, 1.82) is 0 Å². The molecular formula is C24H25IN2O3. The summed E-state index contributed by atoms with van der Waals surface area (Å²) < 4.78 is 12.7. The molecular weight excluding hydrogens is 491 g/mol. The smallest absolute Gasteiger partial charge is 0.257 e. The van der Waals surface area contributed by atoms with Crippen LogP contribution in [0.5, 0.6) is 11.5 Å². The number of carbonyl (C=O) groups is 1. The van der Waals surface area contributed by atoms with Crippen LogP contribution < -0.4 is 10.1 Å². The third-order valence-corrected chi connectivity index (χ3v) is 5.31. The highest BCUT2D eigenvalue weighted by atomic mass is 127. The monoisotopic (exact) mass is 516 g/mol. The number of anilines is 1. The van der Waals surface area contributed by atoms with Crippen LogP contribution in [0.4, 0.5) is 5.69 Å². The lowest BCUT2D eigenvalue weighted by molar-refractivity contribution is 0.0154. The number of hydrogen-bond donors (Lipinski definition) is 1. The highest BCUT2D eigenvalue weighted by molar-refractivity contribution is 14.1. The molecule has 3 rings (SSSR count). The van der Waals surface area contributed by atoms with Crippen LogP contribution in [0.15, 0.2) is 60.7 Å². The highest BCUT2D eigenvalue weighted by Crippen LogP contribution is 2.27. The van der Waals surface area contributed by atoms with Crippen molar-refractivity contribution < 1.29 is 14.3 Å². The normalized spacial score (nSPS) is 11.9. The Morgan fingerprint density at radius 1 is 1.00 bits per heavy atom. The molecule has 2 aromatic carbocycles. The molecule has 1 unspecified atom stereocenters. The van der Waals surface area contributed by atoms with Crippen LogP contribution in [0.2, 0.25) is 0 Å². The molecule has 156 valence electrons. The number of nitrogens with one attached hydrogen (secondary N) is 1. The molecule has 0 radical (unpaired) electrons. The fourth-order valence-electron chi connectivity index (χ4n) is 2.98. The molecule has 3 aromatic rings. The third kappa shape index (κ3) is 5.79. The fraction of sp³-hybridized carbons (Fsp3) is 0.250. The van der Waals surface area contributed by atoms with Crippen LogP contribution in [-0.4, -0.2) is 17.0 Å². The van der Waals surface area contributed by atoms with Gasteiger partial charge in [-0.05, 0) is 98.8 Å². The average Bonchev–Trinajstić information content (AvgIpc) is 2.70. The van der Waals surface area contributed by atoms with Crippen molar-refractivity contribution in [2.75, 3.05) is 5.32 Å². The molecule has 0 saturated carbocycles. The lowest BCUT2D eigenvalue weighted by Gasteiger charge is -2.17. The van der Waals surface area contributed by atoms with Crippen LogP contribution in [0.3, 0.4) is 0 Å². The van der Waals surface area contributed by atoms with Gasteiger partial charge in [0.05, 0.1) is 32.7 Å². The number of aromatic nitrogens is 1. The maximum Gasteiger partial charge on any atom is 0.257 e. The van der Waals surface area contributed by atoms with Crippen molar-refractivity contribution in [3.05, 3.63) is 81.2 Å². The predicted octanol–water partition coefficient (Wildman–Crippen LogP) is 6.53. The first kappa shape index (κ1) is 22.2. The molecule has 0 bridgehead atoms. The van der Waals surface area contributed by atoms with Crippen molar-refractivity contribution >= 4 is 34.2 Å². The maximum atomic E-state index is 12.7. The minimum Gasteiger partial charge on any atom is -0.456 e. The van der Waals surface area contributed by atoms with Gasteiger partial charge in [0.15, 0.2) is 0 Å². The molecule has 0 fully saturated rings. The number of carbonyl (C=O) groups excluding carboxylic acids is 1. The molecule has 1 N–H and O–H groups in total. The molecule has 1 aromatic heterocycles. The molecule has 0 aliphatic heterocycles. The Labute approximate surface area is 191 Å². The first-order chi connectivity index (χ1) is 14.3. The van der Waals surface area contributed by atoms with Crippen molar-refractivity contribution in [3.63, 3.8) is 0 Å². The van der Waals surface area contributed by atoms with Crippen LogP contribution in [0.25, 0.3) is 0 Å². The summed E-state index contributed by atoms with van der Waals surface area (Å²) in [4.78, 5) is 17.3. The molecule has 0 aliphatic rings. The molecule has 6 heteroatoms. The number of nitrogens with zero attached hydrogens (tertiary/aromatic N) is 1. The summed E-state index contributed by atoms with van der Waals surface area (Å²) in [5, 5.41) is 2.92. The van der Waals surface area contributed by atoms with Gasteiger partial charge in [0.1, 0.15) is 11.5 Å². The van der Waals surface area contributed by atoms with Gasteiger partial charge < -0.3 is 14.8 Å². The zero-order valence-electron chi connectivity index (χ0n) is 17.5. The highest BCUT2D eigenvalue weighted by Gasteiger charge is 2.15. The lowest BCUT2D eigenvalue weighted by Crippen LogP contribution is -2.16. The first-order valence-electron chi connectivity index (χ1n) is 9.80. The molecule has 1 heterocycles. The van der Waals surface area contributed by atoms with E-state index in [1.807, 2.05) is 82.3 Å². The van der Waals surface area contributed by atoms with Crippen LogP contribution >= 0.6 is 22.6 Å². The molecule has 5 nitrogen and oxygen atoms in total. The number of para-hydroxylation sites is 1. The summed E-state index contributed by atoms with van der Waals surface area (Å²) in [5.41, 5.74) is 2.71. The second-order valence-corrected chi connectivity index (χ2v) is 8.37. The minimum absolute atomic E-state index is 0.113. The van der Waals surface area contributed by atoms with Crippen molar-refractivity contribution in [2.45, 2.75) is 39.9 Å². The Kier molecular flexibility index (Phi) is 7.44. The van der Waals surface area contributed by atoms with Crippen LogP contribution in [0.1, 0.15) is 48.6 Å². The van der Waals surface area contributed by atoms with Crippen LogP contribution in [0, 0.1) is 10.5 Å².